The molecule has 2 aromatic rings. The molecule has 0 aliphatic rings. The van der Waals surface area contributed by atoms with E-state index in [0.717, 1.165) is 11.3 Å². The molecular formula is C18H20ClNO3S. The molecule has 0 saturated carbocycles. The van der Waals surface area contributed by atoms with Gasteiger partial charge in [0.1, 0.15) is 5.75 Å². The van der Waals surface area contributed by atoms with Gasteiger partial charge in [-0.1, -0.05) is 23.7 Å². The van der Waals surface area contributed by atoms with Crippen molar-refractivity contribution in [2.24, 2.45) is 0 Å². The number of benzene rings is 1. The van der Waals surface area contributed by atoms with Crippen LogP contribution in [0.15, 0.2) is 36.4 Å². The van der Waals surface area contributed by atoms with E-state index in [4.69, 9.17) is 16.3 Å². The van der Waals surface area contributed by atoms with Gasteiger partial charge >= 0.3 is 0 Å². The van der Waals surface area contributed by atoms with Gasteiger partial charge in [-0.15, -0.1) is 11.3 Å². The van der Waals surface area contributed by atoms with Crippen LogP contribution < -0.4 is 4.74 Å². The second-order valence-corrected chi connectivity index (χ2v) is 7.07. The monoisotopic (exact) mass is 365 g/mol. The third-order valence-electron chi connectivity index (χ3n) is 3.49. The molecule has 0 aliphatic heterocycles. The summed E-state index contributed by atoms with van der Waals surface area (Å²) in [6.45, 7) is 3.07. The highest BCUT2D eigenvalue weighted by Crippen LogP contribution is 2.23. The summed E-state index contributed by atoms with van der Waals surface area (Å²) in [5.41, 5.74) is 1.02. The highest BCUT2D eigenvalue weighted by molar-refractivity contribution is 7.18. The largest absolute Gasteiger partial charge is 0.494 e. The van der Waals surface area contributed by atoms with E-state index in [0.29, 0.717) is 22.4 Å². The normalized spacial score (nSPS) is 10.5. The zero-order valence-electron chi connectivity index (χ0n) is 13.8. The van der Waals surface area contributed by atoms with E-state index in [1.807, 2.05) is 31.2 Å². The van der Waals surface area contributed by atoms with Crippen molar-refractivity contribution in [2.75, 3.05) is 13.7 Å². The highest BCUT2D eigenvalue weighted by Gasteiger charge is 2.14. The summed E-state index contributed by atoms with van der Waals surface area (Å²) in [5.74, 6) is 0.713. The number of carbonyl (C=O) groups excluding carboxylic acids is 2. The van der Waals surface area contributed by atoms with Gasteiger partial charge < -0.3 is 9.64 Å². The molecule has 0 N–H and O–H groups in total. The number of Topliss-reactive ketones (excluding diaryl/α,β-unsaturated/α-hetero) is 1. The molecule has 0 radical (unpaired) electrons. The number of carbonyl (C=O) groups is 2. The van der Waals surface area contributed by atoms with Crippen molar-refractivity contribution in [3.8, 4) is 5.75 Å². The second kappa shape index (κ2) is 8.85. The maximum absolute atomic E-state index is 12.2. The quantitative estimate of drug-likeness (QED) is 0.650. The molecule has 1 heterocycles. The van der Waals surface area contributed by atoms with Crippen molar-refractivity contribution < 1.29 is 14.3 Å². The van der Waals surface area contributed by atoms with Crippen molar-refractivity contribution in [2.45, 2.75) is 26.3 Å². The fourth-order valence-electron chi connectivity index (χ4n) is 2.22. The van der Waals surface area contributed by atoms with Crippen LogP contribution in [0.2, 0.25) is 4.34 Å². The first kappa shape index (κ1) is 18.5. The standard InChI is InChI=1S/C18H20ClNO3S/c1-3-23-14-6-4-13(5-7-14)12-20(2)18(22)11-8-15(21)16-9-10-17(19)24-16/h4-7,9-10H,3,8,11-12H2,1-2H3. The van der Waals surface area contributed by atoms with Gasteiger partial charge in [0, 0.05) is 26.4 Å². The minimum absolute atomic E-state index is 0.0466. The molecule has 0 spiro atoms. The summed E-state index contributed by atoms with van der Waals surface area (Å²) in [5, 5.41) is 0. The van der Waals surface area contributed by atoms with Crippen LogP contribution in [0.4, 0.5) is 0 Å². The van der Waals surface area contributed by atoms with Crippen molar-refractivity contribution in [1.82, 2.24) is 4.90 Å². The summed E-state index contributed by atoms with van der Waals surface area (Å²) < 4.78 is 5.98. The van der Waals surface area contributed by atoms with Gasteiger partial charge in [-0.3, -0.25) is 9.59 Å². The molecule has 0 fully saturated rings. The number of hydrogen-bond acceptors (Lipinski definition) is 4. The van der Waals surface area contributed by atoms with Gasteiger partial charge in [-0.25, -0.2) is 0 Å². The van der Waals surface area contributed by atoms with Crippen LogP contribution in [0.25, 0.3) is 0 Å². The van der Waals surface area contributed by atoms with E-state index < -0.39 is 0 Å². The number of ether oxygens (including phenoxy) is 1. The zero-order valence-corrected chi connectivity index (χ0v) is 15.3. The number of nitrogens with zero attached hydrogens (tertiary/aromatic N) is 1. The van der Waals surface area contributed by atoms with Gasteiger partial charge in [0.25, 0.3) is 0 Å². The highest BCUT2D eigenvalue weighted by atomic mass is 35.5. The van der Waals surface area contributed by atoms with Crippen molar-refractivity contribution in [3.63, 3.8) is 0 Å². The van der Waals surface area contributed by atoms with Crippen molar-refractivity contribution in [1.29, 1.82) is 0 Å². The van der Waals surface area contributed by atoms with Gasteiger partial charge in [0.2, 0.25) is 5.91 Å². The summed E-state index contributed by atoms with van der Waals surface area (Å²) in [6, 6.07) is 11.0. The van der Waals surface area contributed by atoms with Crippen LogP contribution in [0, 0.1) is 0 Å². The molecule has 0 saturated heterocycles. The Morgan fingerprint density at radius 3 is 2.42 bits per heavy atom. The van der Waals surface area contributed by atoms with E-state index >= 15 is 0 Å². The minimum atomic E-state index is -0.0557. The molecule has 0 bridgehead atoms. The Balaban J connectivity index is 1.82. The smallest absolute Gasteiger partial charge is 0.223 e. The molecule has 128 valence electrons. The lowest BCUT2D eigenvalue weighted by atomic mass is 10.1. The maximum Gasteiger partial charge on any atom is 0.223 e. The third-order valence-corrected chi connectivity index (χ3v) is 4.77. The van der Waals surface area contributed by atoms with Crippen LogP contribution in [-0.2, 0) is 11.3 Å². The first-order valence-electron chi connectivity index (χ1n) is 7.74. The van der Waals surface area contributed by atoms with Crippen LogP contribution in [0.1, 0.15) is 35.0 Å². The maximum atomic E-state index is 12.2. The first-order valence-corrected chi connectivity index (χ1v) is 8.93. The van der Waals surface area contributed by atoms with Gasteiger partial charge in [0.15, 0.2) is 5.78 Å². The Morgan fingerprint density at radius 1 is 1.12 bits per heavy atom. The average molecular weight is 366 g/mol. The molecule has 1 amide bonds. The summed E-state index contributed by atoms with van der Waals surface area (Å²) >= 11 is 7.06. The lowest BCUT2D eigenvalue weighted by Crippen LogP contribution is -2.26. The predicted molar refractivity (Wildman–Crippen MR) is 97.0 cm³/mol. The molecule has 4 nitrogen and oxygen atoms in total. The van der Waals surface area contributed by atoms with Crippen LogP contribution in [0.5, 0.6) is 5.75 Å². The van der Waals surface area contributed by atoms with E-state index in [9.17, 15) is 9.59 Å². The number of ketones is 1. The predicted octanol–water partition coefficient (Wildman–Crippen LogP) is 4.42. The number of halogens is 1. The van der Waals surface area contributed by atoms with Crippen molar-refractivity contribution >= 4 is 34.6 Å². The van der Waals surface area contributed by atoms with E-state index in [1.165, 1.54) is 11.3 Å². The van der Waals surface area contributed by atoms with E-state index in [-0.39, 0.29) is 24.5 Å². The summed E-state index contributed by atoms with van der Waals surface area (Å²) in [6.07, 6.45) is 0.394. The van der Waals surface area contributed by atoms with Gasteiger partial charge in [-0.05, 0) is 36.8 Å². The molecule has 0 unspecified atom stereocenters. The summed E-state index contributed by atoms with van der Waals surface area (Å²) in [7, 11) is 1.74. The van der Waals surface area contributed by atoms with E-state index in [1.54, 1.807) is 24.1 Å². The van der Waals surface area contributed by atoms with Crippen LogP contribution >= 0.6 is 22.9 Å². The second-order valence-electron chi connectivity index (χ2n) is 5.35. The SMILES string of the molecule is CCOc1ccc(CN(C)C(=O)CCC(=O)c2ccc(Cl)s2)cc1. The first-order chi connectivity index (χ1) is 11.5. The Kier molecular flexibility index (Phi) is 6.82. The Morgan fingerprint density at radius 2 is 1.83 bits per heavy atom. The number of thiophene rings is 1. The summed E-state index contributed by atoms with van der Waals surface area (Å²) in [4.78, 5) is 26.4. The van der Waals surface area contributed by atoms with Gasteiger partial charge in [0.05, 0.1) is 15.8 Å². The Hall–Kier alpha value is -1.85. The number of hydrogen-bond donors (Lipinski definition) is 0. The van der Waals surface area contributed by atoms with E-state index in [2.05, 4.69) is 0 Å². The van der Waals surface area contributed by atoms with Gasteiger partial charge in [-0.2, -0.15) is 0 Å². The molecule has 6 heteroatoms. The number of amides is 1. The fraction of sp³-hybridized carbons (Fsp3) is 0.333. The Bertz CT molecular complexity index is 697. The molecule has 0 aliphatic carbocycles. The molecule has 1 aromatic carbocycles. The lowest BCUT2D eigenvalue weighted by Gasteiger charge is -2.17. The minimum Gasteiger partial charge on any atom is -0.494 e. The third kappa shape index (κ3) is 5.35. The molecule has 2 rings (SSSR count). The topological polar surface area (TPSA) is 46.6 Å². The molecule has 1 aromatic heterocycles. The van der Waals surface area contributed by atoms with Crippen molar-refractivity contribution in [3.05, 3.63) is 51.2 Å². The average Bonchev–Trinajstić information content (AvgIpc) is 3.01. The van der Waals surface area contributed by atoms with Crippen LogP contribution in [0.3, 0.4) is 0 Å². The number of rotatable bonds is 8. The lowest BCUT2D eigenvalue weighted by molar-refractivity contribution is -0.130. The fourth-order valence-corrected chi connectivity index (χ4v) is 3.23. The Labute approximate surface area is 151 Å². The van der Waals surface area contributed by atoms with Crippen LogP contribution in [-0.4, -0.2) is 30.2 Å². The molecule has 0 atom stereocenters. The zero-order chi connectivity index (χ0) is 17.5. The molecular weight excluding hydrogens is 346 g/mol. The molecule has 24 heavy (non-hydrogen) atoms.